The van der Waals surface area contributed by atoms with Crippen LogP contribution in [0.2, 0.25) is 0 Å². The number of hydrogen-bond donors (Lipinski definition) is 0. The van der Waals surface area contributed by atoms with Crippen LogP contribution in [0.15, 0.2) is 243 Å². The maximum atomic E-state index is 2.42. The number of rotatable bonds is 7. The van der Waals surface area contributed by atoms with Crippen LogP contribution in [0, 0.1) is 0 Å². The van der Waals surface area contributed by atoms with Crippen molar-refractivity contribution in [2.45, 2.75) is 0 Å². The van der Waals surface area contributed by atoms with Crippen LogP contribution in [0.25, 0.3) is 103 Å². The van der Waals surface area contributed by atoms with Crippen molar-refractivity contribution in [1.82, 2.24) is 4.57 Å². The van der Waals surface area contributed by atoms with Crippen molar-refractivity contribution < 1.29 is 0 Å². The van der Waals surface area contributed by atoms with Crippen molar-refractivity contribution in [2.75, 3.05) is 4.90 Å². The summed E-state index contributed by atoms with van der Waals surface area (Å²) in [5, 5.41) is 10.2. The molecule has 0 N–H and O–H groups in total. The average Bonchev–Trinajstić information content (AvgIpc) is 3.93. The summed E-state index contributed by atoms with van der Waals surface area (Å²) < 4.78 is 5.09. The van der Waals surface area contributed by atoms with Crippen molar-refractivity contribution in [1.29, 1.82) is 0 Å². The topological polar surface area (TPSA) is 8.17 Å². The lowest BCUT2D eigenvalue weighted by Crippen LogP contribution is -2.11. The van der Waals surface area contributed by atoms with Crippen LogP contribution < -0.4 is 4.90 Å². The molecule has 0 atom stereocenters. The molecule has 0 saturated heterocycles. The van der Waals surface area contributed by atoms with E-state index < -0.39 is 0 Å². The fourth-order valence-corrected chi connectivity index (χ4v) is 11.5. The van der Waals surface area contributed by atoms with Crippen LogP contribution >= 0.6 is 11.3 Å². The zero-order valence-electron chi connectivity index (χ0n) is 35.4. The molecular weight excluding hydrogens is 805 g/mol. The Labute approximate surface area is 381 Å². The summed E-state index contributed by atoms with van der Waals surface area (Å²) >= 11 is 1.91. The molecule has 304 valence electrons. The highest BCUT2D eigenvalue weighted by Gasteiger charge is 2.20. The Kier molecular flexibility index (Phi) is 8.75. The van der Waals surface area contributed by atoms with Crippen LogP contribution in [0.1, 0.15) is 0 Å². The molecule has 2 nitrogen and oxygen atoms in total. The lowest BCUT2D eigenvalue weighted by Gasteiger charge is -2.28. The molecule has 0 saturated carbocycles. The summed E-state index contributed by atoms with van der Waals surface area (Å²) in [5.41, 5.74) is 14.0. The Hall–Kier alpha value is -8.24. The number of hydrogen-bond acceptors (Lipinski definition) is 2. The minimum Gasteiger partial charge on any atom is -0.310 e. The molecule has 0 aliphatic heterocycles. The number of fused-ring (bicyclic) bond motifs is 9. The third-order valence-electron chi connectivity index (χ3n) is 13.2. The Morgan fingerprint density at radius 3 is 1.55 bits per heavy atom. The van der Waals surface area contributed by atoms with Gasteiger partial charge in [-0.25, -0.2) is 0 Å². The molecule has 0 bridgehead atoms. The van der Waals surface area contributed by atoms with Gasteiger partial charge in [0.1, 0.15) is 0 Å². The zero-order valence-corrected chi connectivity index (χ0v) is 36.2. The molecule has 11 aromatic carbocycles. The van der Waals surface area contributed by atoms with E-state index in [2.05, 4.69) is 252 Å². The van der Waals surface area contributed by atoms with Gasteiger partial charge in [-0.05, 0) is 98.4 Å². The number of nitrogens with zero attached hydrogens (tertiary/aromatic N) is 2. The van der Waals surface area contributed by atoms with Gasteiger partial charge in [-0.15, -0.1) is 11.3 Å². The molecule has 2 heterocycles. The molecule has 0 radical (unpaired) electrons. The minimum absolute atomic E-state index is 1.09. The zero-order chi connectivity index (χ0) is 42.8. The lowest BCUT2D eigenvalue weighted by atomic mass is 9.98. The summed E-state index contributed by atoms with van der Waals surface area (Å²) in [4.78, 5) is 2.42. The van der Waals surface area contributed by atoms with Crippen molar-refractivity contribution in [3.05, 3.63) is 243 Å². The monoisotopic (exact) mass is 844 g/mol. The van der Waals surface area contributed by atoms with Gasteiger partial charge in [0, 0.05) is 53.4 Å². The van der Waals surface area contributed by atoms with Gasteiger partial charge in [-0.1, -0.05) is 188 Å². The van der Waals surface area contributed by atoms with E-state index in [0.717, 1.165) is 28.3 Å². The molecule has 2 aromatic heterocycles. The van der Waals surface area contributed by atoms with Gasteiger partial charge in [-0.2, -0.15) is 0 Å². The second-order valence-corrected chi connectivity index (χ2v) is 17.9. The predicted molar refractivity (Wildman–Crippen MR) is 280 cm³/mol. The normalized spacial score (nSPS) is 11.7. The number of thiophene rings is 1. The lowest BCUT2D eigenvalue weighted by molar-refractivity contribution is 1.18. The van der Waals surface area contributed by atoms with Gasteiger partial charge >= 0.3 is 0 Å². The van der Waals surface area contributed by atoms with Crippen molar-refractivity contribution in [3.63, 3.8) is 0 Å². The number of anilines is 3. The second-order valence-electron chi connectivity index (χ2n) is 16.8. The fourth-order valence-electron chi connectivity index (χ4n) is 10.1. The standard InChI is InChI=1S/C62H40N2S/c1-2-16-45-40-46(29-28-41(45)14-1)50-18-6-9-24-57(50)63(48-37-32-44(33-38-48)52-22-13-23-55-56-39-34-42-15-3-4-19-51(42)62(56)65-61(52)55)47-35-30-43(31-36-47)49-17-5-10-25-58(49)64-59-26-11-7-20-53(59)54-21-8-12-27-60(54)64/h1-40H. The van der Waals surface area contributed by atoms with Crippen molar-refractivity contribution in [3.8, 4) is 39.1 Å². The Morgan fingerprint density at radius 2 is 0.815 bits per heavy atom. The number of benzene rings is 11. The quantitative estimate of drug-likeness (QED) is 0.155. The molecule has 0 aliphatic rings. The van der Waals surface area contributed by atoms with E-state index in [1.54, 1.807) is 0 Å². The smallest absolute Gasteiger partial charge is 0.0541 e. The maximum absolute atomic E-state index is 2.42. The highest BCUT2D eigenvalue weighted by molar-refractivity contribution is 7.27. The van der Waals surface area contributed by atoms with E-state index >= 15 is 0 Å². The van der Waals surface area contributed by atoms with E-state index in [1.165, 1.54) is 91.3 Å². The Morgan fingerprint density at radius 1 is 0.308 bits per heavy atom. The highest BCUT2D eigenvalue weighted by atomic mass is 32.1. The van der Waals surface area contributed by atoms with Gasteiger partial charge < -0.3 is 9.47 Å². The molecule has 13 rings (SSSR count). The van der Waals surface area contributed by atoms with E-state index in [1.807, 2.05) is 11.3 Å². The van der Waals surface area contributed by atoms with Gasteiger partial charge in [0.2, 0.25) is 0 Å². The summed E-state index contributed by atoms with van der Waals surface area (Å²) in [6, 6.07) is 88.9. The molecular formula is C62H40N2S. The summed E-state index contributed by atoms with van der Waals surface area (Å²) in [6.07, 6.45) is 0. The number of para-hydroxylation sites is 4. The van der Waals surface area contributed by atoms with Crippen molar-refractivity contribution >= 4 is 91.9 Å². The van der Waals surface area contributed by atoms with Gasteiger partial charge in [0.15, 0.2) is 0 Å². The number of aromatic nitrogens is 1. The largest absolute Gasteiger partial charge is 0.310 e. The minimum atomic E-state index is 1.09. The molecule has 0 amide bonds. The van der Waals surface area contributed by atoms with Crippen LogP contribution in [0.5, 0.6) is 0 Å². The van der Waals surface area contributed by atoms with E-state index in [-0.39, 0.29) is 0 Å². The average molecular weight is 845 g/mol. The predicted octanol–water partition coefficient (Wildman–Crippen LogP) is 17.9. The SMILES string of the molecule is c1ccc(N(c2ccc(-c3ccccc3-n3c4ccccc4c4ccccc43)cc2)c2ccc(-c3cccc4c3sc3c5ccccc5ccc43)cc2)c(-c2ccc3ccccc3c2)c1. The first-order valence-electron chi connectivity index (χ1n) is 22.2. The first kappa shape index (κ1) is 37.3. The molecule has 65 heavy (non-hydrogen) atoms. The molecule has 13 aromatic rings. The van der Waals surface area contributed by atoms with E-state index in [9.17, 15) is 0 Å². The summed E-state index contributed by atoms with van der Waals surface area (Å²) in [6.45, 7) is 0. The first-order chi connectivity index (χ1) is 32.2. The van der Waals surface area contributed by atoms with Crippen LogP contribution in [-0.4, -0.2) is 4.57 Å². The molecule has 0 fully saturated rings. The van der Waals surface area contributed by atoms with Gasteiger partial charge in [0.05, 0.1) is 22.4 Å². The van der Waals surface area contributed by atoms with Gasteiger partial charge in [-0.3, -0.25) is 0 Å². The van der Waals surface area contributed by atoms with Crippen LogP contribution in [0.3, 0.4) is 0 Å². The maximum Gasteiger partial charge on any atom is 0.0541 e. The van der Waals surface area contributed by atoms with E-state index in [0.29, 0.717) is 0 Å². The Balaban J connectivity index is 0.947. The van der Waals surface area contributed by atoms with Gasteiger partial charge in [0.25, 0.3) is 0 Å². The highest BCUT2D eigenvalue weighted by Crippen LogP contribution is 2.46. The van der Waals surface area contributed by atoms with Crippen LogP contribution in [0.4, 0.5) is 17.1 Å². The third-order valence-corrected chi connectivity index (χ3v) is 14.5. The molecule has 0 unspecified atom stereocenters. The Bertz CT molecular complexity index is 3900. The summed E-state index contributed by atoms with van der Waals surface area (Å²) in [5.74, 6) is 0. The third kappa shape index (κ3) is 6.16. The molecule has 0 spiro atoms. The first-order valence-corrected chi connectivity index (χ1v) is 23.1. The van der Waals surface area contributed by atoms with Crippen LogP contribution in [-0.2, 0) is 0 Å². The fraction of sp³-hybridized carbons (Fsp3) is 0. The summed E-state index contributed by atoms with van der Waals surface area (Å²) in [7, 11) is 0. The van der Waals surface area contributed by atoms with E-state index in [4.69, 9.17) is 0 Å². The molecule has 0 aliphatic carbocycles. The second kappa shape index (κ2) is 15.2. The van der Waals surface area contributed by atoms with Crippen molar-refractivity contribution in [2.24, 2.45) is 0 Å². The molecule has 3 heteroatoms.